The predicted molar refractivity (Wildman–Crippen MR) is 127 cm³/mol. The van der Waals surface area contributed by atoms with Gasteiger partial charge in [0.1, 0.15) is 23.0 Å². The number of hydrogen-bond acceptors (Lipinski definition) is 7. The van der Waals surface area contributed by atoms with Crippen molar-refractivity contribution in [3.05, 3.63) is 75.7 Å². The average molecular weight is 495 g/mol. The van der Waals surface area contributed by atoms with E-state index >= 15 is 0 Å². The van der Waals surface area contributed by atoms with E-state index < -0.39 is 23.9 Å². The van der Waals surface area contributed by atoms with E-state index in [1.165, 1.54) is 6.20 Å². The van der Waals surface area contributed by atoms with Crippen molar-refractivity contribution in [1.29, 1.82) is 0 Å². The molecule has 0 unspecified atom stereocenters. The molecule has 4 N–H and O–H groups in total. The van der Waals surface area contributed by atoms with Crippen molar-refractivity contribution in [1.82, 2.24) is 20.9 Å². The van der Waals surface area contributed by atoms with Crippen LogP contribution in [0.25, 0.3) is 11.1 Å². The van der Waals surface area contributed by atoms with Crippen molar-refractivity contribution in [2.75, 3.05) is 19.7 Å². The number of hydrogen-bond donors (Lipinski definition) is 4. The largest absolute Gasteiger partial charge is 0.477 e. The number of carboxylic acids is 1. The maximum atomic E-state index is 12.1. The topological polar surface area (TPSA) is 147 Å². The Bertz CT molecular complexity index is 1230. The van der Waals surface area contributed by atoms with Crippen LogP contribution in [0, 0.1) is 0 Å². The molecule has 1 aliphatic rings. The number of thiazole rings is 1. The molecule has 180 valence electrons. The van der Waals surface area contributed by atoms with Crippen molar-refractivity contribution in [2.24, 2.45) is 0 Å². The first-order valence-electron chi connectivity index (χ1n) is 10.7. The second-order valence-electron chi connectivity index (χ2n) is 7.66. The van der Waals surface area contributed by atoms with Crippen LogP contribution >= 0.6 is 11.3 Å². The smallest absolute Gasteiger partial charge is 0.407 e. The molecule has 35 heavy (non-hydrogen) atoms. The molecule has 10 nitrogen and oxygen atoms in total. The highest BCUT2D eigenvalue weighted by molar-refractivity contribution is 7.13. The summed E-state index contributed by atoms with van der Waals surface area (Å²) < 4.78 is 5.37. The van der Waals surface area contributed by atoms with Gasteiger partial charge in [0.2, 0.25) is 11.8 Å². The van der Waals surface area contributed by atoms with Gasteiger partial charge < -0.3 is 25.8 Å². The Morgan fingerprint density at radius 3 is 2.11 bits per heavy atom. The Morgan fingerprint density at radius 2 is 1.49 bits per heavy atom. The van der Waals surface area contributed by atoms with E-state index in [0.717, 1.165) is 33.6 Å². The molecule has 0 radical (unpaired) electrons. The van der Waals surface area contributed by atoms with E-state index in [9.17, 15) is 19.2 Å². The predicted octanol–water partition coefficient (Wildman–Crippen LogP) is 2.11. The fourth-order valence-electron chi connectivity index (χ4n) is 3.77. The zero-order chi connectivity index (χ0) is 24.8. The minimum Gasteiger partial charge on any atom is -0.477 e. The lowest BCUT2D eigenvalue weighted by Crippen LogP contribution is -2.42. The van der Waals surface area contributed by atoms with Gasteiger partial charge in [0, 0.05) is 5.92 Å². The molecule has 11 heteroatoms. The maximum absolute atomic E-state index is 12.1. The summed E-state index contributed by atoms with van der Waals surface area (Å²) in [5.41, 5.74) is 4.41. The van der Waals surface area contributed by atoms with Crippen LogP contribution in [0.5, 0.6) is 0 Å². The minimum atomic E-state index is -1.09. The number of carboxylic acid groups (broad SMARTS) is 1. The van der Waals surface area contributed by atoms with Gasteiger partial charge >= 0.3 is 12.1 Å². The highest BCUT2D eigenvalue weighted by Crippen LogP contribution is 2.44. The van der Waals surface area contributed by atoms with Gasteiger partial charge in [-0.15, -0.1) is 11.3 Å². The number of carbonyl (C=O) groups excluding carboxylic acids is 3. The lowest BCUT2D eigenvalue weighted by molar-refractivity contribution is -0.125. The molecular weight excluding hydrogens is 472 g/mol. The van der Waals surface area contributed by atoms with Crippen LogP contribution in [0.2, 0.25) is 0 Å². The first kappa shape index (κ1) is 23.9. The van der Waals surface area contributed by atoms with Gasteiger partial charge in [-0.3, -0.25) is 9.59 Å². The molecule has 2 aromatic carbocycles. The molecule has 0 atom stereocenters. The van der Waals surface area contributed by atoms with Gasteiger partial charge in [0.25, 0.3) is 0 Å². The molecule has 0 saturated heterocycles. The lowest BCUT2D eigenvalue weighted by atomic mass is 9.98. The van der Waals surface area contributed by atoms with Gasteiger partial charge in [-0.25, -0.2) is 14.6 Å². The van der Waals surface area contributed by atoms with Gasteiger partial charge in [0.05, 0.1) is 19.3 Å². The van der Waals surface area contributed by atoms with Crippen LogP contribution in [-0.4, -0.2) is 53.7 Å². The number of nitrogens with one attached hydrogen (secondary N) is 3. The van der Waals surface area contributed by atoms with Gasteiger partial charge in [-0.1, -0.05) is 48.5 Å². The Kier molecular flexibility index (Phi) is 7.36. The molecule has 1 aromatic heterocycles. The van der Waals surface area contributed by atoms with Crippen molar-refractivity contribution >= 4 is 35.2 Å². The number of benzene rings is 2. The highest BCUT2D eigenvalue weighted by atomic mass is 32.1. The zero-order valence-electron chi connectivity index (χ0n) is 18.4. The molecular formula is C24H22N4O6S. The minimum absolute atomic E-state index is 0.0463. The standard InChI is InChI=1S/C24H22N4O6S/c29-20(26-12-22-27-9-19(35-22)23(31)32)10-25-21(30)11-28-24(33)34-13-18-16-7-3-1-5-14(16)15-6-2-4-8-17(15)18/h1-9,18H,10-13H2,(H,25,30)(H,26,29)(H,28,33)(H,31,32). The summed E-state index contributed by atoms with van der Waals surface area (Å²) in [4.78, 5) is 50.8. The van der Waals surface area contributed by atoms with E-state index in [2.05, 4.69) is 20.9 Å². The Labute approximate surface area is 204 Å². The third kappa shape index (κ3) is 5.82. The molecule has 1 aliphatic carbocycles. The van der Waals surface area contributed by atoms with Gasteiger partial charge in [-0.05, 0) is 22.3 Å². The van der Waals surface area contributed by atoms with Gasteiger partial charge in [-0.2, -0.15) is 0 Å². The second kappa shape index (κ2) is 10.8. The summed E-state index contributed by atoms with van der Waals surface area (Å²) in [6, 6.07) is 15.9. The number of aromatic nitrogens is 1. The number of nitrogens with zero attached hydrogens (tertiary/aromatic N) is 1. The van der Waals surface area contributed by atoms with Crippen LogP contribution < -0.4 is 16.0 Å². The number of rotatable bonds is 9. The fraction of sp³-hybridized carbons (Fsp3) is 0.208. The molecule has 1 heterocycles. The molecule has 3 aromatic rings. The molecule has 0 fully saturated rings. The van der Waals surface area contributed by atoms with E-state index in [1.54, 1.807) is 0 Å². The van der Waals surface area contributed by atoms with Crippen LogP contribution in [0.4, 0.5) is 4.79 Å². The number of carbonyl (C=O) groups is 4. The fourth-order valence-corrected chi connectivity index (χ4v) is 4.47. The lowest BCUT2D eigenvalue weighted by Gasteiger charge is -2.14. The van der Waals surface area contributed by atoms with Crippen LogP contribution in [0.3, 0.4) is 0 Å². The Balaban J connectivity index is 1.17. The van der Waals surface area contributed by atoms with Crippen molar-refractivity contribution in [2.45, 2.75) is 12.5 Å². The van der Waals surface area contributed by atoms with Crippen molar-refractivity contribution in [3.8, 4) is 11.1 Å². The van der Waals surface area contributed by atoms with E-state index in [-0.39, 0.29) is 37.0 Å². The number of alkyl carbamates (subject to hydrolysis) is 1. The van der Waals surface area contributed by atoms with E-state index in [1.807, 2.05) is 48.5 Å². The molecule has 0 bridgehead atoms. The Morgan fingerprint density at radius 1 is 0.886 bits per heavy atom. The monoisotopic (exact) mass is 494 g/mol. The average Bonchev–Trinajstić information content (AvgIpc) is 3.47. The van der Waals surface area contributed by atoms with Crippen molar-refractivity contribution < 1.29 is 29.0 Å². The molecule has 0 aliphatic heterocycles. The number of fused-ring (bicyclic) bond motifs is 3. The quantitative estimate of drug-likeness (QED) is 0.356. The summed E-state index contributed by atoms with van der Waals surface area (Å²) in [6.07, 6.45) is 0.482. The summed E-state index contributed by atoms with van der Waals surface area (Å²) in [5.74, 6) is -2.21. The third-order valence-electron chi connectivity index (χ3n) is 5.38. The molecule has 0 saturated carbocycles. The summed E-state index contributed by atoms with van der Waals surface area (Å²) in [6.45, 7) is -0.477. The van der Waals surface area contributed by atoms with E-state index in [4.69, 9.17) is 9.84 Å². The third-order valence-corrected chi connectivity index (χ3v) is 6.37. The SMILES string of the molecule is O=C(CNC(=O)CNC(=O)OCC1c2ccccc2-c2ccccc21)NCc1ncc(C(=O)O)s1. The van der Waals surface area contributed by atoms with Crippen LogP contribution in [-0.2, 0) is 20.9 Å². The van der Waals surface area contributed by atoms with Crippen LogP contribution in [0.1, 0.15) is 31.7 Å². The second-order valence-corrected chi connectivity index (χ2v) is 8.77. The van der Waals surface area contributed by atoms with Crippen molar-refractivity contribution in [3.63, 3.8) is 0 Å². The Hall–Kier alpha value is -4.25. The summed E-state index contributed by atoms with van der Waals surface area (Å²) in [5, 5.41) is 16.6. The zero-order valence-corrected chi connectivity index (χ0v) is 19.3. The number of ether oxygens (including phenoxy) is 1. The number of aromatic carboxylic acids is 1. The first-order valence-corrected chi connectivity index (χ1v) is 11.5. The van der Waals surface area contributed by atoms with Crippen LogP contribution in [0.15, 0.2) is 54.7 Å². The van der Waals surface area contributed by atoms with Gasteiger partial charge in [0.15, 0.2) is 0 Å². The van der Waals surface area contributed by atoms with E-state index in [0.29, 0.717) is 5.01 Å². The molecule has 4 rings (SSSR count). The molecule has 3 amide bonds. The normalized spacial score (nSPS) is 11.8. The maximum Gasteiger partial charge on any atom is 0.407 e. The highest BCUT2D eigenvalue weighted by Gasteiger charge is 2.29. The first-order chi connectivity index (χ1) is 16.9. The number of amides is 3. The molecule has 0 spiro atoms. The summed E-state index contributed by atoms with van der Waals surface area (Å²) >= 11 is 0.951. The summed E-state index contributed by atoms with van der Waals surface area (Å²) in [7, 11) is 0.